The smallest absolute Gasteiger partial charge is 0.227 e. The molecule has 2 aromatic carbocycles. The molecule has 1 heterocycles. The van der Waals surface area contributed by atoms with Gasteiger partial charge in [-0.15, -0.1) is 0 Å². The third-order valence-corrected chi connectivity index (χ3v) is 5.45. The zero-order valence-electron chi connectivity index (χ0n) is 17.2. The van der Waals surface area contributed by atoms with Crippen molar-refractivity contribution in [3.05, 3.63) is 48.5 Å². The van der Waals surface area contributed by atoms with Crippen LogP contribution in [0.3, 0.4) is 0 Å². The SMILES string of the molecule is OCCNc1nc(Sc2cccc(OCCO)c2)nc(Sc2cccc(OCCO)c2)n1. The topological polar surface area (TPSA) is 130 Å². The minimum atomic E-state index is -0.0580. The number of aromatic nitrogens is 3. The molecule has 0 fully saturated rings. The van der Waals surface area contributed by atoms with Crippen LogP contribution in [-0.2, 0) is 0 Å². The summed E-state index contributed by atoms with van der Waals surface area (Å²) in [5.41, 5.74) is 0. The van der Waals surface area contributed by atoms with E-state index in [2.05, 4.69) is 20.3 Å². The lowest BCUT2D eigenvalue weighted by atomic mass is 10.3. The Bertz CT molecular complexity index is 924. The van der Waals surface area contributed by atoms with E-state index in [4.69, 9.17) is 24.8 Å². The quantitative estimate of drug-likeness (QED) is 0.290. The molecular formula is C21H24N4O5S2. The van der Waals surface area contributed by atoms with Gasteiger partial charge in [-0.05, 0) is 59.9 Å². The van der Waals surface area contributed by atoms with Crippen LogP contribution in [0.1, 0.15) is 0 Å². The maximum absolute atomic E-state index is 9.13. The lowest BCUT2D eigenvalue weighted by molar-refractivity contribution is 0.201. The first-order valence-corrected chi connectivity index (χ1v) is 11.5. The number of aliphatic hydroxyl groups excluding tert-OH is 3. The van der Waals surface area contributed by atoms with Gasteiger partial charge in [0, 0.05) is 16.3 Å². The summed E-state index contributed by atoms with van der Waals surface area (Å²) in [7, 11) is 0. The molecule has 3 rings (SSSR count). The van der Waals surface area contributed by atoms with Gasteiger partial charge in [0.2, 0.25) is 5.95 Å². The summed E-state index contributed by atoms with van der Waals surface area (Å²) >= 11 is 2.70. The van der Waals surface area contributed by atoms with Gasteiger partial charge in [-0.2, -0.15) is 15.0 Å². The van der Waals surface area contributed by atoms with Crippen molar-refractivity contribution in [2.45, 2.75) is 20.1 Å². The van der Waals surface area contributed by atoms with Gasteiger partial charge in [0.15, 0.2) is 10.3 Å². The molecule has 0 saturated heterocycles. The van der Waals surface area contributed by atoms with Crippen molar-refractivity contribution in [1.29, 1.82) is 0 Å². The third-order valence-electron chi connectivity index (χ3n) is 3.74. The van der Waals surface area contributed by atoms with Crippen molar-refractivity contribution < 1.29 is 24.8 Å². The van der Waals surface area contributed by atoms with Crippen molar-refractivity contribution in [2.75, 3.05) is 44.9 Å². The summed E-state index contributed by atoms with van der Waals surface area (Å²) in [6, 6.07) is 14.9. The molecule has 0 saturated carbocycles. The summed E-state index contributed by atoms with van der Waals surface area (Å²) < 4.78 is 10.9. The van der Waals surface area contributed by atoms with E-state index >= 15 is 0 Å². The van der Waals surface area contributed by atoms with Gasteiger partial charge in [0.05, 0.1) is 19.8 Å². The van der Waals surface area contributed by atoms with Gasteiger partial charge in [-0.25, -0.2) is 0 Å². The molecule has 0 radical (unpaired) electrons. The standard InChI is InChI=1S/C21H24N4O5S2/c26-8-7-22-19-23-20(31-17-5-1-3-15(13-17)29-11-9-27)25-21(24-19)32-18-6-2-4-16(14-18)30-12-10-28/h1-6,13-14,26-28H,7-12H2,(H,22,23,24,25). The average molecular weight is 477 g/mol. The highest BCUT2D eigenvalue weighted by molar-refractivity contribution is 7.99. The van der Waals surface area contributed by atoms with E-state index in [1.165, 1.54) is 23.5 Å². The van der Waals surface area contributed by atoms with Gasteiger partial charge in [0.25, 0.3) is 0 Å². The molecule has 11 heteroatoms. The van der Waals surface area contributed by atoms with Gasteiger partial charge in [0.1, 0.15) is 24.7 Å². The summed E-state index contributed by atoms with van der Waals surface area (Å²) in [5, 5.41) is 31.0. The predicted octanol–water partition coefficient (Wildman–Crippen LogP) is 2.32. The van der Waals surface area contributed by atoms with Crippen molar-refractivity contribution in [2.24, 2.45) is 0 Å². The van der Waals surface area contributed by atoms with Crippen molar-refractivity contribution in [3.8, 4) is 11.5 Å². The van der Waals surface area contributed by atoms with Gasteiger partial charge in [-0.1, -0.05) is 12.1 Å². The molecule has 0 bridgehead atoms. The third kappa shape index (κ3) is 7.84. The van der Waals surface area contributed by atoms with Crippen LogP contribution in [0, 0.1) is 0 Å². The van der Waals surface area contributed by atoms with E-state index < -0.39 is 0 Å². The Morgan fingerprint density at radius 2 is 1.25 bits per heavy atom. The monoisotopic (exact) mass is 476 g/mol. The number of nitrogens with zero attached hydrogens (tertiary/aromatic N) is 3. The molecule has 170 valence electrons. The first-order valence-electron chi connectivity index (χ1n) is 9.84. The lowest BCUT2D eigenvalue weighted by Crippen LogP contribution is -2.10. The largest absolute Gasteiger partial charge is 0.491 e. The highest BCUT2D eigenvalue weighted by Gasteiger charge is 2.11. The molecule has 0 spiro atoms. The molecule has 9 nitrogen and oxygen atoms in total. The molecule has 32 heavy (non-hydrogen) atoms. The van der Waals surface area contributed by atoms with Crippen molar-refractivity contribution >= 4 is 29.5 Å². The number of rotatable bonds is 13. The average Bonchev–Trinajstić information content (AvgIpc) is 2.80. The highest BCUT2D eigenvalue weighted by Crippen LogP contribution is 2.32. The lowest BCUT2D eigenvalue weighted by Gasteiger charge is -2.10. The molecule has 4 N–H and O–H groups in total. The van der Waals surface area contributed by atoms with E-state index in [0.29, 0.717) is 34.3 Å². The molecule has 0 unspecified atom stereocenters. The van der Waals surface area contributed by atoms with Crippen LogP contribution in [0.5, 0.6) is 11.5 Å². The summed E-state index contributed by atoms with van der Waals surface area (Å²) in [5.74, 6) is 1.65. The number of hydrogen-bond acceptors (Lipinski definition) is 11. The van der Waals surface area contributed by atoms with Gasteiger partial charge < -0.3 is 30.1 Å². The van der Waals surface area contributed by atoms with E-state index in [1.807, 2.05) is 48.5 Å². The normalized spacial score (nSPS) is 10.7. The van der Waals surface area contributed by atoms with E-state index in [-0.39, 0.29) is 33.0 Å². The highest BCUT2D eigenvalue weighted by atomic mass is 32.2. The van der Waals surface area contributed by atoms with Gasteiger partial charge >= 0.3 is 0 Å². The Morgan fingerprint density at radius 3 is 1.72 bits per heavy atom. The van der Waals surface area contributed by atoms with Crippen LogP contribution in [-0.4, -0.2) is 69.9 Å². The maximum Gasteiger partial charge on any atom is 0.227 e. The number of nitrogens with one attached hydrogen (secondary N) is 1. The Labute approximate surface area is 194 Å². The Balaban J connectivity index is 1.80. The fourth-order valence-corrected chi connectivity index (χ4v) is 4.12. The predicted molar refractivity (Wildman–Crippen MR) is 122 cm³/mol. The fourth-order valence-electron chi connectivity index (χ4n) is 2.47. The first-order chi connectivity index (χ1) is 15.7. The van der Waals surface area contributed by atoms with Crippen LogP contribution in [0.15, 0.2) is 68.6 Å². The second-order valence-electron chi connectivity index (χ2n) is 6.17. The second kappa shape index (κ2) is 13.1. The van der Waals surface area contributed by atoms with Crippen molar-refractivity contribution in [3.63, 3.8) is 0 Å². The van der Waals surface area contributed by atoms with E-state index in [0.717, 1.165) is 9.79 Å². The molecule has 3 aromatic rings. The van der Waals surface area contributed by atoms with Crippen LogP contribution in [0.4, 0.5) is 5.95 Å². The Kier molecular flexibility index (Phi) is 9.85. The number of benzene rings is 2. The van der Waals surface area contributed by atoms with Gasteiger partial charge in [-0.3, -0.25) is 0 Å². The molecule has 0 aliphatic rings. The molecule has 0 aliphatic carbocycles. The number of aliphatic hydroxyl groups is 3. The van der Waals surface area contributed by atoms with E-state index in [1.54, 1.807) is 0 Å². The molecular weight excluding hydrogens is 452 g/mol. The van der Waals surface area contributed by atoms with E-state index in [9.17, 15) is 0 Å². The fraction of sp³-hybridized carbons (Fsp3) is 0.286. The zero-order chi connectivity index (χ0) is 22.6. The minimum absolute atomic E-state index is 0.0505. The number of hydrogen-bond donors (Lipinski definition) is 4. The summed E-state index contributed by atoms with van der Waals surface area (Å²) in [6.07, 6.45) is 0. The number of anilines is 1. The first kappa shape index (κ1) is 24.1. The van der Waals surface area contributed by atoms with Crippen LogP contribution < -0.4 is 14.8 Å². The second-order valence-corrected chi connectivity index (χ2v) is 8.25. The summed E-state index contributed by atoms with van der Waals surface area (Å²) in [4.78, 5) is 15.2. The minimum Gasteiger partial charge on any atom is -0.491 e. The molecule has 0 atom stereocenters. The van der Waals surface area contributed by atoms with Crippen LogP contribution >= 0.6 is 23.5 Å². The number of ether oxygens (including phenoxy) is 2. The molecule has 1 aromatic heterocycles. The molecule has 0 aliphatic heterocycles. The van der Waals surface area contributed by atoms with Crippen LogP contribution in [0.2, 0.25) is 0 Å². The van der Waals surface area contributed by atoms with Crippen LogP contribution in [0.25, 0.3) is 0 Å². The summed E-state index contributed by atoms with van der Waals surface area (Å²) in [6.45, 7) is 0.585. The van der Waals surface area contributed by atoms with Crippen molar-refractivity contribution in [1.82, 2.24) is 15.0 Å². The maximum atomic E-state index is 9.13. The zero-order valence-corrected chi connectivity index (χ0v) is 18.8. The Hall–Kier alpha value is -2.57. The molecule has 0 amide bonds. The Morgan fingerprint density at radius 1 is 0.719 bits per heavy atom.